The van der Waals surface area contributed by atoms with Crippen LogP contribution in [-0.4, -0.2) is 56.3 Å². The first-order valence-corrected chi connectivity index (χ1v) is 11.6. The number of urea groups is 1. The molecule has 0 saturated carbocycles. The quantitative estimate of drug-likeness (QED) is 0.514. The molecule has 2 aromatic carbocycles. The molecule has 2 aromatic rings. The number of benzene rings is 2. The van der Waals surface area contributed by atoms with Crippen molar-refractivity contribution in [2.24, 2.45) is 0 Å². The van der Waals surface area contributed by atoms with E-state index in [9.17, 15) is 40.3 Å². The van der Waals surface area contributed by atoms with Gasteiger partial charge in [0.1, 0.15) is 11.4 Å². The third-order valence-corrected chi connectivity index (χ3v) is 6.46. The molecule has 4 rings (SSSR count). The highest BCUT2D eigenvalue weighted by Gasteiger charge is 2.44. The molecule has 2 aliphatic heterocycles. The molecule has 2 heterocycles. The topological polar surface area (TPSA) is 65.1 Å². The minimum Gasteiger partial charge on any atom is -0.407 e. The average molecular weight is 548 g/mol. The summed E-state index contributed by atoms with van der Waals surface area (Å²) < 4.78 is 101. The number of nitrogens with one attached hydrogen (secondary N) is 1. The third-order valence-electron chi connectivity index (χ3n) is 6.46. The summed E-state index contributed by atoms with van der Waals surface area (Å²) in [6, 6.07) is 3.52. The molecule has 0 atom stereocenters. The predicted molar refractivity (Wildman–Crippen MR) is 123 cm³/mol. The lowest BCUT2D eigenvalue weighted by Crippen LogP contribution is -2.45. The zero-order valence-corrected chi connectivity index (χ0v) is 20.0. The van der Waals surface area contributed by atoms with Gasteiger partial charge in [-0.15, -0.1) is 0 Å². The number of alkyl halides is 6. The van der Waals surface area contributed by atoms with Gasteiger partial charge in [-0.1, -0.05) is 0 Å². The number of carbonyl (C=O) groups excluding carboxylic acids is 2. The van der Waals surface area contributed by atoms with Crippen LogP contribution in [0.3, 0.4) is 0 Å². The summed E-state index contributed by atoms with van der Waals surface area (Å²) in [7, 11) is 1.13. The van der Waals surface area contributed by atoms with Gasteiger partial charge in [0, 0.05) is 31.9 Å². The number of piperidine rings is 1. The molecule has 38 heavy (non-hydrogen) atoms. The van der Waals surface area contributed by atoms with Gasteiger partial charge in [-0.2, -0.15) is 26.3 Å². The van der Waals surface area contributed by atoms with Crippen molar-refractivity contribution in [1.82, 2.24) is 10.2 Å². The Morgan fingerprint density at radius 3 is 2.21 bits per heavy atom. The van der Waals surface area contributed by atoms with Crippen LogP contribution < -0.4 is 19.9 Å². The van der Waals surface area contributed by atoms with E-state index in [1.807, 2.05) is 0 Å². The van der Waals surface area contributed by atoms with Gasteiger partial charge in [-0.25, -0.2) is 14.0 Å². The van der Waals surface area contributed by atoms with Gasteiger partial charge in [-0.05, 0) is 62.3 Å². The lowest BCUT2D eigenvalue weighted by atomic mass is 10.1. The maximum absolute atomic E-state index is 14.0. The number of carbonyl (C=O) groups is 2. The molecule has 3 amide bonds. The number of amides is 3. The maximum atomic E-state index is 14.0. The van der Waals surface area contributed by atoms with Gasteiger partial charge in [-0.3, -0.25) is 9.80 Å². The third kappa shape index (κ3) is 5.64. The lowest BCUT2D eigenvalue weighted by molar-refractivity contribution is -0.143. The Hall–Kier alpha value is -3.55. The van der Waals surface area contributed by atoms with E-state index in [2.05, 4.69) is 5.32 Å². The smallest absolute Gasteiger partial charge is 0.407 e. The number of nitrogens with zero attached hydrogens (tertiary/aromatic N) is 3. The van der Waals surface area contributed by atoms with Crippen molar-refractivity contribution in [2.75, 3.05) is 43.0 Å². The van der Waals surface area contributed by atoms with Gasteiger partial charge < -0.3 is 15.0 Å². The molecule has 0 aliphatic carbocycles. The second-order valence-corrected chi connectivity index (χ2v) is 8.88. The molecular formula is C24H23F7N4O3. The molecular weight excluding hydrogens is 525 g/mol. The first kappa shape index (κ1) is 27.5. The highest BCUT2D eigenvalue weighted by Crippen LogP contribution is 2.47. The number of hydrogen-bond donors (Lipinski definition) is 1. The fourth-order valence-corrected chi connectivity index (χ4v) is 4.46. The van der Waals surface area contributed by atoms with E-state index in [1.165, 1.54) is 4.90 Å². The molecule has 0 aromatic heterocycles. The van der Waals surface area contributed by atoms with E-state index in [0.29, 0.717) is 32.0 Å². The van der Waals surface area contributed by atoms with Gasteiger partial charge in [0.15, 0.2) is 5.75 Å². The molecule has 2 saturated heterocycles. The highest BCUT2D eigenvalue weighted by atomic mass is 19.4. The van der Waals surface area contributed by atoms with E-state index in [-0.39, 0.29) is 30.9 Å². The molecule has 0 unspecified atom stereocenters. The molecule has 1 N–H and O–H groups in total. The second kappa shape index (κ2) is 10.3. The number of rotatable bonds is 4. The Balaban J connectivity index is 1.77. The largest absolute Gasteiger partial charge is 0.420 e. The molecule has 0 bridgehead atoms. The van der Waals surface area contributed by atoms with Crippen LogP contribution in [0, 0.1) is 5.82 Å². The Kier molecular flexibility index (Phi) is 7.46. The summed E-state index contributed by atoms with van der Waals surface area (Å²) in [5, 5.41) is 3.12. The predicted octanol–water partition coefficient (Wildman–Crippen LogP) is 5.49. The van der Waals surface area contributed by atoms with Crippen LogP contribution in [-0.2, 0) is 12.4 Å². The van der Waals surface area contributed by atoms with Gasteiger partial charge in [0.25, 0.3) is 0 Å². The molecule has 7 nitrogen and oxygen atoms in total. The fourth-order valence-electron chi connectivity index (χ4n) is 4.46. The van der Waals surface area contributed by atoms with E-state index in [1.54, 1.807) is 0 Å². The summed E-state index contributed by atoms with van der Waals surface area (Å²) in [6.45, 7) is 1.08. The van der Waals surface area contributed by atoms with Gasteiger partial charge >= 0.3 is 24.5 Å². The number of ether oxygens (including phenoxy) is 1. The molecule has 2 fully saturated rings. The molecule has 14 heteroatoms. The van der Waals surface area contributed by atoms with Crippen LogP contribution in [0.4, 0.5) is 51.7 Å². The standard InChI is InChI=1S/C24H23F7N4O3/c1-33(16-4-2-15(25)3-5-16)22(37)38-20-18(24(29,30)31)12-14(23(26,27)28)13-19(20)35-11-10-34(21(35)36)17-6-8-32-9-7-17/h2-5,12-13,17,32H,6-11H2,1H3. The van der Waals surface area contributed by atoms with Crippen LogP contribution >= 0.6 is 0 Å². The van der Waals surface area contributed by atoms with Crippen molar-refractivity contribution >= 4 is 23.5 Å². The molecule has 2 aliphatic rings. The first-order chi connectivity index (χ1) is 17.8. The van der Waals surface area contributed by atoms with Crippen LogP contribution in [0.25, 0.3) is 0 Å². The zero-order valence-electron chi connectivity index (χ0n) is 20.0. The lowest BCUT2D eigenvalue weighted by Gasteiger charge is -2.31. The summed E-state index contributed by atoms with van der Waals surface area (Å²) in [5.74, 6) is -1.87. The van der Waals surface area contributed by atoms with Crippen molar-refractivity contribution in [1.29, 1.82) is 0 Å². The monoisotopic (exact) mass is 548 g/mol. The SMILES string of the molecule is CN(C(=O)Oc1c(N2CCN(C3CCNCC3)C2=O)cc(C(F)(F)F)cc1C(F)(F)F)c1ccc(F)cc1. The van der Waals surface area contributed by atoms with Crippen molar-refractivity contribution in [3.05, 3.63) is 53.3 Å². The van der Waals surface area contributed by atoms with Crippen LogP contribution in [0.2, 0.25) is 0 Å². The Morgan fingerprint density at radius 1 is 1.00 bits per heavy atom. The number of hydrogen-bond acceptors (Lipinski definition) is 4. The normalized spacial score (nSPS) is 17.2. The Morgan fingerprint density at radius 2 is 1.63 bits per heavy atom. The summed E-state index contributed by atoms with van der Waals surface area (Å²) >= 11 is 0. The zero-order chi connectivity index (χ0) is 27.8. The summed E-state index contributed by atoms with van der Waals surface area (Å²) in [4.78, 5) is 29.0. The molecule has 0 spiro atoms. The minimum absolute atomic E-state index is 0.0488. The van der Waals surface area contributed by atoms with Crippen molar-refractivity contribution in [2.45, 2.75) is 31.2 Å². The van der Waals surface area contributed by atoms with Crippen LogP contribution in [0.15, 0.2) is 36.4 Å². The minimum atomic E-state index is -5.36. The maximum Gasteiger partial charge on any atom is 0.420 e. The molecule has 206 valence electrons. The fraction of sp³-hybridized carbons (Fsp3) is 0.417. The van der Waals surface area contributed by atoms with Gasteiger partial charge in [0.2, 0.25) is 0 Å². The number of anilines is 2. The van der Waals surface area contributed by atoms with Crippen LogP contribution in [0.1, 0.15) is 24.0 Å². The Bertz CT molecular complexity index is 1200. The van der Waals surface area contributed by atoms with E-state index < -0.39 is 52.9 Å². The Labute approximate surface area is 212 Å². The summed E-state index contributed by atoms with van der Waals surface area (Å²) in [5.41, 5.74) is -4.29. The highest BCUT2D eigenvalue weighted by molar-refractivity contribution is 5.98. The van der Waals surface area contributed by atoms with Crippen molar-refractivity contribution in [3.8, 4) is 5.75 Å². The van der Waals surface area contributed by atoms with Crippen molar-refractivity contribution in [3.63, 3.8) is 0 Å². The first-order valence-electron chi connectivity index (χ1n) is 11.6. The van der Waals surface area contributed by atoms with E-state index in [4.69, 9.17) is 4.74 Å². The average Bonchev–Trinajstić information content (AvgIpc) is 3.24. The molecule has 0 radical (unpaired) electrons. The van der Waals surface area contributed by atoms with Crippen molar-refractivity contribution < 1.29 is 45.1 Å². The van der Waals surface area contributed by atoms with E-state index in [0.717, 1.165) is 41.1 Å². The second-order valence-electron chi connectivity index (χ2n) is 8.88. The van der Waals surface area contributed by atoms with Crippen LogP contribution in [0.5, 0.6) is 5.75 Å². The van der Waals surface area contributed by atoms with E-state index >= 15 is 0 Å². The number of halogens is 7. The summed E-state index contributed by atoms with van der Waals surface area (Å²) in [6.07, 6.45) is -10.8. The van der Waals surface area contributed by atoms with Gasteiger partial charge in [0.05, 0.1) is 11.3 Å².